The number of benzene rings is 2. The molecule has 1 atom stereocenters. The van der Waals surface area contributed by atoms with Crippen LogP contribution in [0, 0.1) is 25.2 Å². The average Bonchev–Trinajstić information content (AvgIpc) is 2.48. The van der Waals surface area contributed by atoms with Gasteiger partial charge < -0.3 is 0 Å². The summed E-state index contributed by atoms with van der Waals surface area (Å²) in [6, 6.07) is 16.2. The third-order valence-corrected chi connectivity index (χ3v) is 5.33. The monoisotopic (exact) mass is 299 g/mol. The third kappa shape index (κ3) is 3.50. The standard InChI is InChI=1S/C17H17NO2S/c1-13-8-9-17(10-14(13)2)21(19,20)12-16(11-18)15-6-4-3-5-7-15/h3-10,16H,12H2,1-2H3. The highest BCUT2D eigenvalue weighted by Crippen LogP contribution is 2.22. The van der Waals surface area contributed by atoms with E-state index in [4.69, 9.17) is 0 Å². The Balaban J connectivity index is 2.32. The van der Waals surface area contributed by atoms with Crippen molar-refractivity contribution in [2.45, 2.75) is 24.7 Å². The molecule has 0 aliphatic heterocycles. The van der Waals surface area contributed by atoms with Crippen LogP contribution in [0.3, 0.4) is 0 Å². The predicted octanol–water partition coefficient (Wildman–Crippen LogP) is 3.38. The smallest absolute Gasteiger partial charge is 0.180 e. The fourth-order valence-corrected chi connectivity index (χ4v) is 3.65. The number of nitrogens with zero attached hydrogens (tertiary/aromatic N) is 1. The molecule has 21 heavy (non-hydrogen) atoms. The summed E-state index contributed by atoms with van der Waals surface area (Å²) in [6.45, 7) is 3.82. The first-order valence-corrected chi connectivity index (χ1v) is 8.34. The molecule has 0 aliphatic carbocycles. The summed E-state index contributed by atoms with van der Waals surface area (Å²) in [4.78, 5) is 0.279. The van der Waals surface area contributed by atoms with Gasteiger partial charge in [-0.1, -0.05) is 36.4 Å². The van der Waals surface area contributed by atoms with Crippen LogP contribution in [-0.4, -0.2) is 14.2 Å². The van der Waals surface area contributed by atoms with E-state index < -0.39 is 15.8 Å². The molecule has 0 amide bonds. The Morgan fingerprint density at radius 1 is 1.05 bits per heavy atom. The molecule has 2 aromatic rings. The van der Waals surface area contributed by atoms with Crippen molar-refractivity contribution in [3.63, 3.8) is 0 Å². The number of rotatable bonds is 4. The highest BCUT2D eigenvalue weighted by atomic mass is 32.2. The molecule has 0 N–H and O–H groups in total. The first-order valence-electron chi connectivity index (χ1n) is 6.68. The van der Waals surface area contributed by atoms with Crippen LogP contribution in [0.5, 0.6) is 0 Å². The summed E-state index contributed by atoms with van der Waals surface area (Å²) in [5.41, 5.74) is 2.71. The minimum atomic E-state index is -3.48. The Bertz CT molecular complexity index is 774. The van der Waals surface area contributed by atoms with E-state index in [1.165, 1.54) is 0 Å². The highest BCUT2D eigenvalue weighted by Gasteiger charge is 2.22. The van der Waals surface area contributed by atoms with E-state index in [1.54, 1.807) is 30.3 Å². The van der Waals surface area contributed by atoms with Crippen molar-refractivity contribution < 1.29 is 8.42 Å². The molecule has 2 rings (SSSR count). The van der Waals surface area contributed by atoms with E-state index in [-0.39, 0.29) is 10.6 Å². The Kier molecular flexibility index (Phi) is 4.44. The fraction of sp³-hybridized carbons (Fsp3) is 0.235. The van der Waals surface area contributed by atoms with E-state index >= 15 is 0 Å². The van der Waals surface area contributed by atoms with Gasteiger partial charge in [0.15, 0.2) is 9.84 Å². The SMILES string of the molecule is Cc1ccc(S(=O)(=O)CC(C#N)c2ccccc2)cc1C. The summed E-state index contributed by atoms with van der Waals surface area (Å²) >= 11 is 0. The zero-order valence-corrected chi connectivity index (χ0v) is 12.9. The van der Waals surface area contributed by atoms with Crippen LogP contribution in [-0.2, 0) is 9.84 Å². The number of sulfone groups is 1. The van der Waals surface area contributed by atoms with Crippen molar-refractivity contribution in [2.24, 2.45) is 0 Å². The molecule has 3 nitrogen and oxygen atoms in total. The van der Waals surface area contributed by atoms with Gasteiger partial charge in [-0.05, 0) is 42.7 Å². The summed E-state index contributed by atoms with van der Waals surface area (Å²) in [5, 5.41) is 9.27. The van der Waals surface area contributed by atoms with Gasteiger partial charge in [0.25, 0.3) is 0 Å². The molecule has 0 heterocycles. The average molecular weight is 299 g/mol. The van der Waals surface area contributed by atoms with Gasteiger partial charge in [0.2, 0.25) is 0 Å². The van der Waals surface area contributed by atoms with Crippen molar-refractivity contribution in [2.75, 3.05) is 5.75 Å². The van der Waals surface area contributed by atoms with Crippen LogP contribution in [0.2, 0.25) is 0 Å². The molecule has 1 unspecified atom stereocenters. The molecule has 0 spiro atoms. The summed E-state index contributed by atoms with van der Waals surface area (Å²) in [6.07, 6.45) is 0. The Labute approximate surface area is 125 Å². The van der Waals surface area contributed by atoms with Crippen LogP contribution in [0.1, 0.15) is 22.6 Å². The molecular weight excluding hydrogens is 282 g/mol. The molecule has 108 valence electrons. The molecule has 0 saturated carbocycles. The quantitative estimate of drug-likeness (QED) is 0.869. The maximum Gasteiger partial charge on any atom is 0.180 e. The second-order valence-corrected chi connectivity index (χ2v) is 7.15. The van der Waals surface area contributed by atoms with E-state index in [9.17, 15) is 13.7 Å². The van der Waals surface area contributed by atoms with E-state index in [1.807, 2.05) is 32.0 Å². The lowest BCUT2D eigenvalue weighted by Gasteiger charge is -2.11. The lowest BCUT2D eigenvalue weighted by Crippen LogP contribution is -2.14. The maximum atomic E-state index is 12.5. The Morgan fingerprint density at radius 2 is 1.71 bits per heavy atom. The van der Waals surface area contributed by atoms with E-state index in [0.717, 1.165) is 16.7 Å². The van der Waals surface area contributed by atoms with Gasteiger partial charge in [-0.25, -0.2) is 8.42 Å². The molecule has 0 radical (unpaired) electrons. The molecule has 0 fully saturated rings. The van der Waals surface area contributed by atoms with Crippen molar-refractivity contribution in [1.82, 2.24) is 0 Å². The van der Waals surface area contributed by atoms with Gasteiger partial charge in [-0.3, -0.25) is 0 Å². The molecule has 0 aromatic heterocycles. The molecule has 0 aliphatic rings. The topological polar surface area (TPSA) is 57.9 Å². The van der Waals surface area contributed by atoms with Crippen LogP contribution in [0.4, 0.5) is 0 Å². The number of hydrogen-bond donors (Lipinski definition) is 0. The zero-order chi connectivity index (χ0) is 15.5. The maximum absolute atomic E-state index is 12.5. The normalized spacial score (nSPS) is 12.6. The molecule has 2 aromatic carbocycles. The number of aryl methyl sites for hydroxylation is 2. The number of hydrogen-bond acceptors (Lipinski definition) is 3. The lowest BCUT2D eigenvalue weighted by molar-refractivity contribution is 0.593. The fourth-order valence-electron chi connectivity index (χ4n) is 2.12. The second kappa shape index (κ2) is 6.11. The third-order valence-electron chi connectivity index (χ3n) is 3.58. The van der Waals surface area contributed by atoms with E-state index in [2.05, 4.69) is 6.07 Å². The van der Waals surface area contributed by atoms with Gasteiger partial charge in [-0.2, -0.15) is 5.26 Å². The number of nitriles is 1. The van der Waals surface area contributed by atoms with Crippen LogP contribution < -0.4 is 0 Å². The first kappa shape index (κ1) is 15.3. The predicted molar refractivity (Wildman–Crippen MR) is 82.8 cm³/mol. The van der Waals surface area contributed by atoms with Gasteiger partial charge in [0.05, 0.1) is 22.6 Å². The highest BCUT2D eigenvalue weighted by molar-refractivity contribution is 7.91. The van der Waals surface area contributed by atoms with Crippen molar-refractivity contribution in [3.8, 4) is 6.07 Å². The van der Waals surface area contributed by atoms with Gasteiger partial charge >= 0.3 is 0 Å². The molecule has 4 heteroatoms. The van der Waals surface area contributed by atoms with Gasteiger partial charge in [0.1, 0.15) is 0 Å². The largest absolute Gasteiger partial charge is 0.224 e. The summed E-state index contributed by atoms with van der Waals surface area (Å²) < 4.78 is 25.0. The molecule has 0 bridgehead atoms. The molecule has 0 saturated heterocycles. The summed E-state index contributed by atoms with van der Waals surface area (Å²) in [5.74, 6) is -0.853. The molecular formula is C17H17NO2S. The van der Waals surface area contributed by atoms with Gasteiger partial charge in [0, 0.05) is 0 Å². The van der Waals surface area contributed by atoms with Crippen molar-refractivity contribution in [3.05, 3.63) is 65.2 Å². The van der Waals surface area contributed by atoms with Crippen molar-refractivity contribution in [1.29, 1.82) is 5.26 Å². The minimum Gasteiger partial charge on any atom is -0.224 e. The Hall–Kier alpha value is -2.12. The minimum absolute atomic E-state index is 0.198. The first-order chi connectivity index (χ1) is 9.94. The Morgan fingerprint density at radius 3 is 2.29 bits per heavy atom. The summed E-state index contributed by atoms with van der Waals surface area (Å²) in [7, 11) is -3.48. The zero-order valence-electron chi connectivity index (χ0n) is 12.1. The lowest BCUT2D eigenvalue weighted by atomic mass is 10.0. The van der Waals surface area contributed by atoms with Crippen molar-refractivity contribution >= 4 is 9.84 Å². The van der Waals surface area contributed by atoms with Crippen LogP contribution >= 0.6 is 0 Å². The van der Waals surface area contributed by atoms with Crippen LogP contribution in [0.15, 0.2) is 53.4 Å². The van der Waals surface area contributed by atoms with Gasteiger partial charge in [-0.15, -0.1) is 0 Å². The second-order valence-electron chi connectivity index (χ2n) is 5.12. The van der Waals surface area contributed by atoms with Crippen LogP contribution in [0.25, 0.3) is 0 Å². The van der Waals surface area contributed by atoms with E-state index in [0.29, 0.717) is 0 Å².